The van der Waals surface area contributed by atoms with E-state index in [0.29, 0.717) is 0 Å². The Labute approximate surface area is 176 Å². The highest BCUT2D eigenvalue weighted by molar-refractivity contribution is 6.01. The highest BCUT2D eigenvalue weighted by atomic mass is 16.3. The van der Waals surface area contributed by atoms with Crippen LogP contribution in [0, 0.1) is 0 Å². The summed E-state index contributed by atoms with van der Waals surface area (Å²) in [5.74, 6) is 0.493. The fourth-order valence-corrected chi connectivity index (χ4v) is 4.44. The minimum Gasteiger partial charge on any atom is -0.508 e. The van der Waals surface area contributed by atoms with E-state index >= 15 is 0 Å². The fraction of sp³-hybridized carbons (Fsp3) is 0.0714. The van der Waals surface area contributed by atoms with Gasteiger partial charge in [0.05, 0.1) is 0 Å². The zero-order chi connectivity index (χ0) is 20.7. The molecule has 0 aliphatic heterocycles. The van der Waals surface area contributed by atoms with Gasteiger partial charge in [-0.05, 0) is 70.1 Å². The molecule has 146 valence electrons. The van der Waals surface area contributed by atoms with Crippen LogP contribution in [0.5, 0.6) is 11.5 Å². The third-order valence-corrected chi connectivity index (χ3v) is 6.09. The molecular weight excluding hydrogens is 368 g/mol. The van der Waals surface area contributed by atoms with Crippen molar-refractivity contribution < 1.29 is 10.2 Å². The fourth-order valence-electron chi connectivity index (χ4n) is 4.44. The van der Waals surface area contributed by atoms with Crippen molar-refractivity contribution in [2.75, 3.05) is 0 Å². The Kier molecular flexibility index (Phi) is 4.22. The summed E-state index contributed by atoms with van der Waals surface area (Å²) < 4.78 is 0. The number of hydrogen-bond acceptors (Lipinski definition) is 2. The van der Waals surface area contributed by atoms with Gasteiger partial charge >= 0.3 is 0 Å². The second-order valence-electron chi connectivity index (χ2n) is 7.95. The number of hydrogen-bond donors (Lipinski definition) is 2. The third kappa shape index (κ3) is 2.89. The van der Waals surface area contributed by atoms with Crippen LogP contribution >= 0.6 is 0 Å². The van der Waals surface area contributed by atoms with E-state index in [1.165, 1.54) is 27.8 Å². The van der Waals surface area contributed by atoms with E-state index in [2.05, 4.69) is 61.5 Å². The summed E-state index contributed by atoms with van der Waals surface area (Å²) in [6.45, 7) is 2.18. The number of rotatable bonds is 3. The lowest BCUT2D eigenvalue weighted by atomic mass is 9.74. The van der Waals surface area contributed by atoms with E-state index in [0.717, 1.165) is 11.1 Å². The molecule has 0 bridgehead atoms. The number of benzene rings is 4. The van der Waals surface area contributed by atoms with Gasteiger partial charge in [-0.3, -0.25) is 0 Å². The zero-order valence-electron chi connectivity index (χ0n) is 16.7. The molecule has 5 rings (SSSR count). The summed E-state index contributed by atoms with van der Waals surface area (Å²) in [7, 11) is 0. The number of fused-ring (bicyclic) bond motifs is 3. The summed E-state index contributed by atoms with van der Waals surface area (Å²) in [5, 5.41) is 19.7. The van der Waals surface area contributed by atoms with Gasteiger partial charge in [-0.25, -0.2) is 0 Å². The van der Waals surface area contributed by atoms with Crippen molar-refractivity contribution in [2.24, 2.45) is 0 Å². The van der Waals surface area contributed by atoms with Crippen LogP contribution in [0.3, 0.4) is 0 Å². The molecule has 4 aromatic carbocycles. The van der Waals surface area contributed by atoms with Gasteiger partial charge in [-0.15, -0.1) is 0 Å². The first kappa shape index (κ1) is 18.3. The average Bonchev–Trinajstić information content (AvgIpc) is 3.08. The normalized spacial score (nSPS) is 12.4. The number of phenolic OH excluding ortho intramolecular Hbond substituents is 2. The predicted octanol–water partition coefficient (Wildman–Crippen LogP) is 6.52. The molecule has 0 amide bonds. The zero-order valence-corrected chi connectivity index (χ0v) is 16.7. The smallest absolute Gasteiger partial charge is 0.115 e. The standard InChI is InChI=1S/C28H22O2/c1-28(19-10-14-21(29)15-11-19,20-12-16-22(30)17-13-20)18-27-25-8-4-2-6-23(25)24-7-3-5-9-26(24)27/h2-18,29-30H,1H3. The molecule has 1 aliphatic rings. The van der Waals surface area contributed by atoms with Crippen LogP contribution in [0.25, 0.3) is 16.7 Å². The first-order chi connectivity index (χ1) is 14.6. The molecule has 2 heteroatoms. The summed E-state index contributed by atoms with van der Waals surface area (Å²) in [6, 6.07) is 31.8. The van der Waals surface area contributed by atoms with Gasteiger partial charge < -0.3 is 10.2 Å². The van der Waals surface area contributed by atoms with Gasteiger partial charge in [-0.2, -0.15) is 0 Å². The van der Waals surface area contributed by atoms with E-state index in [-0.39, 0.29) is 11.5 Å². The highest BCUT2D eigenvalue weighted by Gasteiger charge is 2.31. The van der Waals surface area contributed by atoms with Crippen molar-refractivity contribution in [3.63, 3.8) is 0 Å². The summed E-state index contributed by atoms with van der Waals surface area (Å²) in [6.07, 6.45) is 2.32. The van der Waals surface area contributed by atoms with Gasteiger partial charge in [0.2, 0.25) is 0 Å². The van der Waals surface area contributed by atoms with E-state index in [9.17, 15) is 10.2 Å². The van der Waals surface area contributed by atoms with Crippen molar-refractivity contribution in [3.05, 3.63) is 125 Å². The van der Waals surface area contributed by atoms with Crippen molar-refractivity contribution in [3.8, 4) is 22.6 Å². The Morgan fingerprint density at radius 2 is 0.900 bits per heavy atom. The maximum atomic E-state index is 9.83. The van der Waals surface area contributed by atoms with E-state index in [4.69, 9.17) is 0 Å². The van der Waals surface area contributed by atoms with Crippen LogP contribution in [0.1, 0.15) is 29.2 Å². The molecule has 4 aromatic rings. The number of aromatic hydroxyl groups is 2. The molecule has 0 heterocycles. The highest BCUT2D eigenvalue weighted by Crippen LogP contribution is 2.47. The molecule has 0 radical (unpaired) electrons. The minimum absolute atomic E-state index is 0.246. The third-order valence-electron chi connectivity index (χ3n) is 6.09. The minimum atomic E-state index is -0.457. The van der Waals surface area contributed by atoms with Crippen LogP contribution in [-0.4, -0.2) is 10.2 Å². The molecule has 1 aliphatic carbocycles. The maximum Gasteiger partial charge on any atom is 0.115 e. The predicted molar refractivity (Wildman–Crippen MR) is 122 cm³/mol. The van der Waals surface area contributed by atoms with Crippen molar-refractivity contribution in [1.82, 2.24) is 0 Å². The van der Waals surface area contributed by atoms with Crippen molar-refractivity contribution in [2.45, 2.75) is 12.3 Å². The lowest BCUT2D eigenvalue weighted by molar-refractivity contribution is 0.474. The monoisotopic (exact) mass is 390 g/mol. The summed E-state index contributed by atoms with van der Waals surface area (Å²) >= 11 is 0. The van der Waals surface area contributed by atoms with Gasteiger partial charge in [0.25, 0.3) is 0 Å². The van der Waals surface area contributed by atoms with E-state index in [1.54, 1.807) is 24.3 Å². The molecule has 0 saturated heterocycles. The number of phenols is 2. The Balaban J connectivity index is 1.78. The van der Waals surface area contributed by atoms with Crippen LogP contribution in [0.2, 0.25) is 0 Å². The summed E-state index contributed by atoms with van der Waals surface area (Å²) in [5.41, 5.74) is 7.83. The SMILES string of the molecule is CC(C=C1c2ccccc2-c2ccccc21)(c1ccc(O)cc1)c1ccc(O)cc1. The lowest BCUT2D eigenvalue weighted by Crippen LogP contribution is -2.21. The summed E-state index contributed by atoms with van der Waals surface area (Å²) in [4.78, 5) is 0. The molecule has 0 atom stereocenters. The van der Waals surface area contributed by atoms with Crippen LogP contribution in [-0.2, 0) is 5.41 Å². The molecular formula is C28H22O2. The second kappa shape index (κ2) is 6.93. The van der Waals surface area contributed by atoms with Crippen LogP contribution in [0.4, 0.5) is 0 Å². The quantitative estimate of drug-likeness (QED) is 0.368. The van der Waals surface area contributed by atoms with Crippen molar-refractivity contribution >= 4 is 5.57 Å². The van der Waals surface area contributed by atoms with Gasteiger partial charge in [-0.1, -0.05) is 78.9 Å². The van der Waals surface area contributed by atoms with Crippen LogP contribution < -0.4 is 0 Å². The lowest BCUT2D eigenvalue weighted by Gasteiger charge is -2.29. The average molecular weight is 390 g/mol. The molecule has 2 nitrogen and oxygen atoms in total. The molecule has 0 fully saturated rings. The topological polar surface area (TPSA) is 40.5 Å². The van der Waals surface area contributed by atoms with E-state index < -0.39 is 5.41 Å². The Morgan fingerprint density at radius 1 is 0.533 bits per heavy atom. The Hall–Kier alpha value is -3.78. The molecule has 0 aromatic heterocycles. The van der Waals surface area contributed by atoms with Crippen LogP contribution in [0.15, 0.2) is 103 Å². The van der Waals surface area contributed by atoms with Gasteiger partial charge in [0.15, 0.2) is 0 Å². The number of allylic oxidation sites excluding steroid dienone is 1. The Bertz CT molecular complexity index is 1160. The molecule has 2 N–H and O–H groups in total. The first-order valence-corrected chi connectivity index (χ1v) is 10.1. The molecule has 0 spiro atoms. The largest absolute Gasteiger partial charge is 0.508 e. The first-order valence-electron chi connectivity index (χ1n) is 10.1. The maximum absolute atomic E-state index is 9.83. The van der Waals surface area contributed by atoms with Crippen molar-refractivity contribution in [1.29, 1.82) is 0 Å². The molecule has 0 saturated carbocycles. The molecule has 0 unspecified atom stereocenters. The molecule has 30 heavy (non-hydrogen) atoms. The van der Waals surface area contributed by atoms with Gasteiger partial charge in [0.1, 0.15) is 11.5 Å². The van der Waals surface area contributed by atoms with Gasteiger partial charge in [0, 0.05) is 5.41 Å². The second-order valence-corrected chi connectivity index (χ2v) is 7.95. The van der Waals surface area contributed by atoms with E-state index in [1.807, 2.05) is 24.3 Å². The Morgan fingerprint density at radius 3 is 1.30 bits per heavy atom.